The van der Waals surface area contributed by atoms with Crippen molar-refractivity contribution in [2.75, 3.05) is 0 Å². The van der Waals surface area contributed by atoms with Crippen LogP contribution < -0.4 is 0 Å². The standard InChI is InChI=1S/C8H4FN3O3S/c9-4-1-2-6(12(13)14)5(3-4)7-10-11-8(16)15-7/h1-3H,(H,11,16). The van der Waals surface area contributed by atoms with Crippen molar-refractivity contribution >= 4 is 17.9 Å². The van der Waals surface area contributed by atoms with Crippen LogP contribution in [-0.2, 0) is 0 Å². The zero-order chi connectivity index (χ0) is 11.7. The molecule has 0 aliphatic carbocycles. The van der Waals surface area contributed by atoms with E-state index < -0.39 is 10.7 Å². The van der Waals surface area contributed by atoms with Crippen molar-refractivity contribution in [2.45, 2.75) is 0 Å². The summed E-state index contributed by atoms with van der Waals surface area (Å²) in [5.74, 6) is -0.735. The van der Waals surface area contributed by atoms with Gasteiger partial charge < -0.3 is 4.42 Å². The molecule has 1 aromatic carbocycles. The lowest BCUT2D eigenvalue weighted by Gasteiger charge is -1.97. The molecular weight excluding hydrogens is 237 g/mol. The number of H-pyrrole nitrogens is 1. The Morgan fingerprint density at radius 1 is 1.56 bits per heavy atom. The summed E-state index contributed by atoms with van der Waals surface area (Å²) in [6, 6.07) is 2.99. The summed E-state index contributed by atoms with van der Waals surface area (Å²) in [6.45, 7) is 0. The zero-order valence-electron chi connectivity index (χ0n) is 7.64. The minimum atomic E-state index is -0.651. The van der Waals surface area contributed by atoms with Gasteiger partial charge in [0.15, 0.2) is 0 Å². The highest BCUT2D eigenvalue weighted by Crippen LogP contribution is 2.28. The van der Waals surface area contributed by atoms with Gasteiger partial charge in [-0.2, -0.15) is 0 Å². The molecule has 82 valence electrons. The van der Waals surface area contributed by atoms with Gasteiger partial charge in [0, 0.05) is 6.07 Å². The molecule has 0 saturated carbocycles. The van der Waals surface area contributed by atoms with E-state index in [1.807, 2.05) is 0 Å². The Labute approximate surface area is 92.9 Å². The Morgan fingerprint density at radius 2 is 2.31 bits per heavy atom. The molecule has 0 unspecified atom stereocenters. The number of nitro benzene ring substituents is 1. The number of benzene rings is 1. The molecule has 1 aromatic heterocycles. The predicted octanol–water partition coefficient (Wildman–Crippen LogP) is 2.45. The summed E-state index contributed by atoms with van der Waals surface area (Å²) in [7, 11) is 0. The SMILES string of the molecule is O=[N+]([O-])c1ccc(F)cc1-c1n[nH]c(=S)o1. The first-order valence-electron chi connectivity index (χ1n) is 4.08. The van der Waals surface area contributed by atoms with Gasteiger partial charge >= 0.3 is 0 Å². The first kappa shape index (κ1) is 10.4. The average molecular weight is 241 g/mol. The van der Waals surface area contributed by atoms with Crippen LogP contribution in [0.4, 0.5) is 10.1 Å². The lowest BCUT2D eigenvalue weighted by atomic mass is 10.2. The van der Waals surface area contributed by atoms with Crippen LogP contribution >= 0.6 is 12.2 Å². The number of aromatic amines is 1. The second-order valence-corrected chi connectivity index (χ2v) is 3.21. The molecule has 1 N–H and O–H groups in total. The fraction of sp³-hybridized carbons (Fsp3) is 0. The third-order valence-electron chi connectivity index (χ3n) is 1.82. The van der Waals surface area contributed by atoms with E-state index in [-0.39, 0.29) is 22.0 Å². The maximum atomic E-state index is 13.0. The summed E-state index contributed by atoms with van der Waals surface area (Å²) in [5.41, 5.74) is -0.357. The number of nitrogens with zero attached hydrogens (tertiary/aromatic N) is 2. The lowest BCUT2D eigenvalue weighted by molar-refractivity contribution is -0.384. The minimum absolute atomic E-state index is 0.0337. The number of hydrogen-bond acceptors (Lipinski definition) is 5. The maximum Gasteiger partial charge on any atom is 0.284 e. The number of rotatable bonds is 2. The van der Waals surface area contributed by atoms with Crippen molar-refractivity contribution in [2.24, 2.45) is 0 Å². The first-order chi connectivity index (χ1) is 7.58. The van der Waals surface area contributed by atoms with Gasteiger partial charge in [-0.15, -0.1) is 5.10 Å². The normalized spacial score (nSPS) is 10.3. The number of nitro groups is 1. The van der Waals surface area contributed by atoms with Gasteiger partial charge in [0.05, 0.1) is 4.92 Å². The van der Waals surface area contributed by atoms with Crippen LogP contribution in [-0.4, -0.2) is 15.1 Å². The second kappa shape index (κ2) is 3.81. The molecular formula is C8H4FN3O3S. The Kier molecular flexibility index (Phi) is 2.49. The van der Waals surface area contributed by atoms with Crippen molar-refractivity contribution in [3.63, 3.8) is 0 Å². The number of aromatic nitrogens is 2. The molecule has 0 bridgehead atoms. The molecule has 16 heavy (non-hydrogen) atoms. The second-order valence-electron chi connectivity index (χ2n) is 2.84. The van der Waals surface area contributed by atoms with E-state index in [1.165, 1.54) is 0 Å². The van der Waals surface area contributed by atoms with E-state index in [0.717, 1.165) is 18.2 Å². The van der Waals surface area contributed by atoms with E-state index >= 15 is 0 Å². The molecule has 0 aliphatic heterocycles. The fourth-order valence-electron chi connectivity index (χ4n) is 1.18. The Bertz CT molecular complexity index is 607. The molecule has 0 aliphatic rings. The predicted molar refractivity (Wildman–Crippen MR) is 53.7 cm³/mol. The summed E-state index contributed by atoms with van der Waals surface area (Å²) in [6.07, 6.45) is 0. The van der Waals surface area contributed by atoms with Crippen molar-refractivity contribution < 1.29 is 13.7 Å². The topological polar surface area (TPSA) is 85.0 Å². The summed E-state index contributed by atoms with van der Waals surface area (Å²) in [5, 5.41) is 16.6. The minimum Gasteiger partial charge on any atom is -0.409 e. The van der Waals surface area contributed by atoms with Crippen LogP contribution in [0.15, 0.2) is 22.6 Å². The van der Waals surface area contributed by atoms with E-state index in [0.29, 0.717) is 0 Å². The van der Waals surface area contributed by atoms with Gasteiger partial charge in [0.25, 0.3) is 16.4 Å². The van der Waals surface area contributed by atoms with Crippen LogP contribution in [0.2, 0.25) is 0 Å². The highest BCUT2D eigenvalue weighted by molar-refractivity contribution is 7.71. The van der Waals surface area contributed by atoms with Crippen molar-refractivity contribution in [1.82, 2.24) is 10.2 Å². The number of halogens is 1. The Balaban J connectivity index is 2.66. The van der Waals surface area contributed by atoms with E-state index in [1.54, 1.807) is 0 Å². The zero-order valence-corrected chi connectivity index (χ0v) is 8.45. The van der Waals surface area contributed by atoms with Crippen LogP contribution in [0.25, 0.3) is 11.5 Å². The van der Waals surface area contributed by atoms with Gasteiger partial charge in [-0.05, 0) is 24.4 Å². The van der Waals surface area contributed by atoms with Gasteiger partial charge in [-0.1, -0.05) is 0 Å². The molecule has 0 spiro atoms. The van der Waals surface area contributed by atoms with Crippen LogP contribution in [0.1, 0.15) is 0 Å². The average Bonchev–Trinajstić information content (AvgIpc) is 2.64. The van der Waals surface area contributed by atoms with E-state index in [9.17, 15) is 14.5 Å². The van der Waals surface area contributed by atoms with Crippen molar-refractivity contribution in [1.29, 1.82) is 0 Å². The Morgan fingerprint density at radius 3 is 2.88 bits per heavy atom. The van der Waals surface area contributed by atoms with Crippen molar-refractivity contribution in [3.8, 4) is 11.5 Å². The van der Waals surface area contributed by atoms with Crippen molar-refractivity contribution in [3.05, 3.63) is 39.0 Å². The molecule has 2 rings (SSSR count). The van der Waals surface area contributed by atoms with E-state index in [4.69, 9.17) is 4.42 Å². The quantitative estimate of drug-likeness (QED) is 0.496. The van der Waals surface area contributed by atoms with E-state index in [2.05, 4.69) is 22.4 Å². The summed E-state index contributed by atoms with van der Waals surface area (Å²) < 4.78 is 17.9. The number of hydrogen-bond donors (Lipinski definition) is 1. The smallest absolute Gasteiger partial charge is 0.284 e. The van der Waals surface area contributed by atoms with Crippen LogP contribution in [0.5, 0.6) is 0 Å². The fourth-order valence-corrected chi connectivity index (χ4v) is 1.31. The molecule has 8 heteroatoms. The molecule has 0 radical (unpaired) electrons. The van der Waals surface area contributed by atoms with Gasteiger partial charge in [-0.3, -0.25) is 10.1 Å². The summed E-state index contributed by atoms with van der Waals surface area (Å²) in [4.78, 5) is 10.0. The molecule has 2 aromatic rings. The highest BCUT2D eigenvalue weighted by atomic mass is 32.1. The summed E-state index contributed by atoms with van der Waals surface area (Å²) >= 11 is 4.63. The Hall–Kier alpha value is -2.09. The monoisotopic (exact) mass is 241 g/mol. The molecule has 0 atom stereocenters. The number of nitrogens with one attached hydrogen (secondary N) is 1. The third kappa shape index (κ3) is 1.82. The molecule has 0 fully saturated rings. The largest absolute Gasteiger partial charge is 0.409 e. The van der Waals surface area contributed by atoms with Gasteiger partial charge in [0.1, 0.15) is 11.4 Å². The molecule has 0 amide bonds. The molecule has 6 nitrogen and oxygen atoms in total. The van der Waals surface area contributed by atoms with Gasteiger partial charge in [0.2, 0.25) is 0 Å². The van der Waals surface area contributed by atoms with Gasteiger partial charge in [-0.25, -0.2) is 9.49 Å². The van der Waals surface area contributed by atoms with Crippen LogP contribution in [0.3, 0.4) is 0 Å². The lowest BCUT2D eigenvalue weighted by Crippen LogP contribution is -1.93. The molecule has 0 saturated heterocycles. The molecule has 1 heterocycles. The maximum absolute atomic E-state index is 13.0. The highest BCUT2D eigenvalue weighted by Gasteiger charge is 2.19. The first-order valence-corrected chi connectivity index (χ1v) is 4.48. The third-order valence-corrected chi connectivity index (χ3v) is 2.00. The van der Waals surface area contributed by atoms with Crippen LogP contribution in [0, 0.1) is 20.8 Å².